The number of hydrogen-bond acceptors (Lipinski definition) is 3. The molecule has 1 amide bonds. The second-order valence-electron chi connectivity index (χ2n) is 5.80. The van der Waals surface area contributed by atoms with Crippen LogP contribution in [0.2, 0.25) is 0 Å². The summed E-state index contributed by atoms with van der Waals surface area (Å²) in [5.41, 5.74) is -0.577. The van der Waals surface area contributed by atoms with E-state index >= 15 is 0 Å². The Labute approximate surface area is 108 Å². The molecule has 0 aromatic heterocycles. The van der Waals surface area contributed by atoms with Gasteiger partial charge in [-0.05, 0) is 45.7 Å². The van der Waals surface area contributed by atoms with E-state index in [1.54, 1.807) is 0 Å². The summed E-state index contributed by atoms with van der Waals surface area (Å²) in [6, 6.07) is 0.425. The standard InChI is InChI=1S/C13H22N2O3/c1-13(12(17)18)5-8-15(9-6-13)7-4-11(16)14-10-2-3-10/h10H,2-9H2,1H3,(H,14,16)(H,17,18). The van der Waals surface area contributed by atoms with E-state index in [1.165, 1.54) is 0 Å². The molecule has 102 valence electrons. The van der Waals surface area contributed by atoms with E-state index in [0.717, 1.165) is 32.5 Å². The van der Waals surface area contributed by atoms with Gasteiger partial charge in [-0.2, -0.15) is 0 Å². The van der Waals surface area contributed by atoms with E-state index in [2.05, 4.69) is 10.2 Å². The van der Waals surface area contributed by atoms with Gasteiger partial charge in [-0.25, -0.2) is 0 Å². The lowest BCUT2D eigenvalue weighted by Crippen LogP contribution is -2.43. The van der Waals surface area contributed by atoms with E-state index in [0.29, 0.717) is 25.3 Å². The van der Waals surface area contributed by atoms with Gasteiger partial charge in [0.15, 0.2) is 0 Å². The molecule has 0 aromatic rings. The number of rotatable bonds is 5. The van der Waals surface area contributed by atoms with Crippen molar-refractivity contribution in [1.29, 1.82) is 0 Å². The van der Waals surface area contributed by atoms with Crippen LogP contribution in [0.4, 0.5) is 0 Å². The minimum absolute atomic E-state index is 0.129. The molecule has 0 bridgehead atoms. The molecule has 2 N–H and O–H groups in total. The Balaban J connectivity index is 1.66. The largest absolute Gasteiger partial charge is 0.481 e. The molecule has 2 aliphatic rings. The van der Waals surface area contributed by atoms with E-state index in [1.807, 2.05) is 6.92 Å². The van der Waals surface area contributed by atoms with Crippen molar-refractivity contribution in [2.75, 3.05) is 19.6 Å². The lowest BCUT2D eigenvalue weighted by Gasteiger charge is -2.36. The van der Waals surface area contributed by atoms with Gasteiger partial charge in [-0.15, -0.1) is 0 Å². The monoisotopic (exact) mass is 254 g/mol. The van der Waals surface area contributed by atoms with Crippen LogP contribution in [0, 0.1) is 5.41 Å². The average molecular weight is 254 g/mol. The van der Waals surface area contributed by atoms with Gasteiger partial charge in [-0.3, -0.25) is 9.59 Å². The number of piperidine rings is 1. The number of nitrogens with one attached hydrogen (secondary N) is 1. The SMILES string of the molecule is CC1(C(=O)O)CCN(CCC(=O)NC2CC2)CC1. The highest BCUT2D eigenvalue weighted by Gasteiger charge is 2.36. The fourth-order valence-electron chi connectivity index (χ4n) is 2.27. The molecule has 18 heavy (non-hydrogen) atoms. The molecule has 2 rings (SSSR count). The van der Waals surface area contributed by atoms with E-state index in [4.69, 9.17) is 5.11 Å². The lowest BCUT2D eigenvalue weighted by molar-refractivity contribution is -0.150. The van der Waals surface area contributed by atoms with Crippen LogP contribution in [0.5, 0.6) is 0 Å². The fraction of sp³-hybridized carbons (Fsp3) is 0.846. The first-order valence-electron chi connectivity index (χ1n) is 6.75. The number of nitrogens with zero attached hydrogens (tertiary/aromatic N) is 1. The zero-order valence-corrected chi connectivity index (χ0v) is 10.9. The first-order valence-corrected chi connectivity index (χ1v) is 6.75. The molecular formula is C13H22N2O3. The van der Waals surface area contributed by atoms with Gasteiger partial charge in [0.05, 0.1) is 5.41 Å². The second-order valence-corrected chi connectivity index (χ2v) is 5.80. The predicted molar refractivity (Wildman–Crippen MR) is 67.2 cm³/mol. The molecule has 0 radical (unpaired) electrons. The van der Waals surface area contributed by atoms with Gasteiger partial charge in [0, 0.05) is 19.0 Å². The summed E-state index contributed by atoms with van der Waals surface area (Å²) in [5.74, 6) is -0.572. The first-order chi connectivity index (χ1) is 8.49. The number of likely N-dealkylation sites (tertiary alicyclic amines) is 1. The van der Waals surface area contributed by atoms with Crippen molar-refractivity contribution in [2.45, 2.75) is 45.1 Å². The molecule has 1 heterocycles. The molecule has 1 saturated heterocycles. The van der Waals surface area contributed by atoms with Crippen molar-refractivity contribution in [3.8, 4) is 0 Å². The number of carbonyl (C=O) groups excluding carboxylic acids is 1. The highest BCUT2D eigenvalue weighted by Crippen LogP contribution is 2.30. The lowest BCUT2D eigenvalue weighted by atomic mass is 9.80. The summed E-state index contributed by atoms with van der Waals surface area (Å²) in [5, 5.41) is 12.1. The summed E-state index contributed by atoms with van der Waals surface area (Å²) in [7, 11) is 0. The van der Waals surface area contributed by atoms with Gasteiger partial charge in [-0.1, -0.05) is 0 Å². The molecule has 0 aromatic carbocycles. The maximum absolute atomic E-state index is 11.5. The summed E-state index contributed by atoms with van der Waals surface area (Å²) < 4.78 is 0. The molecule has 1 saturated carbocycles. The smallest absolute Gasteiger partial charge is 0.309 e. The summed E-state index contributed by atoms with van der Waals surface area (Å²) in [6.45, 7) is 4.11. The Bertz CT molecular complexity index is 331. The van der Waals surface area contributed by atoms with Gasteiger partial charge in [0.1, 0.15) is 0 Å². The molecule has 2 fully saturated rings. The number of carboxylic acids is 1. The van der Waals surface area contributed by atoms with E-state index in [-0.39, 0.29) is 5.91 Å². The quantitative estimate of drug-likeness (QED) is 0.763. The van der Waals surface area contributed by atoms with Gasteiger partial charge in [0.2, 0.25) is 5.91 Å². The molecular weight excluding hydrogens is 232 g/mol. The molecule has 0 spiro atoms. The van der Waals surface area contributed by atoms with Crippen LogP contribution in [0.25, 0.3) is 0 Å². The normalized spacial score (nSPS) is 23.6. The third-order valence-corrected chi connectivity index (χ3v) is 4.07. The van der Waals surface area contributed by atoms with Crippen molar-refractivity contribution in [2.24, 2.45) is 5.41 Å². The van der Waals surface area contributed by atoms with Crippen LogP contribution in [0.15, 0.2) is 0 Å². The molecule has 5 nitrogen and oxygen atoms in total. The van der Waals surface area contributed by atoms with Crippen LogP contribution in [0.1, 0.15) is 39.0 Å². The van der Waals surface area contributed by atoms with Crippen molar-refractivity contribution in [1.82, 2.24) is 10.2 Å². The summed E-state index contributed by atoms with van der Waals surface area (Å²) in [6.07, 6.45) is 4.11. The Morgan fingerprint density at radius 2 is 1.94 bits per heavy atom. The number of amides is 1. The molecule has 0 unspecified atom stereocenters. The summed E-state index contributed by atoms with van der Waals surface area (Å²) in [4.78, 5) is 24.8. The minimum Gasteiger partial charge on any atom is -0.481 e. The molecule has 1 aliphatic carbocycles. The van der Waals surface area contributed by atoms with Gasteiger partial charge in [0.25, 0.3) is 0 Å². The van der Waals surface area contributed by atoms with Crippen LogP contribution < -0.4 is 5.32 Å². The van der Waals surface area contributed by atoms with Crippen LogP contribution >= 0.6 is 0 Å². The second kappa shape index (κ2) is 5.26. The van der Waals surface area contributed by atoms with E-state index in [9.17, 15) is 9.59 Å². The Morgan fingerprint density at radius 1 is 1.33 bits per heavy atom. The van der Waals surface area contributed by atoms with Crippen LogP contribution in [-0.2, 0) is 9.59 Å². The van der Waals surface area contributed by atoms with Gasteiger partial charge < -0.3 is 15.3 Å². The Hall–Kier alpha value is -1.10. The highest BCUT2D eigenvalue weighted by atomic mass is 16.4. The number of hydrogen-bond donors (Lipinski definition) is 2. The zero-order valence-electron chi connectivity index (χ0n) is 10.9. The van der Waals surface area contributed by atoms with Crippen LogP contribution in [0.3, 0.4) is 0 Å². The Morgan fingerprint density at radius 3 is 2.44 bits per heavy atom. The fourth-order valence-corrected chi connectivity index (χ4v) is 2.27. The molecule has 0 atom stereocenters. The molecule has 5 heteroatoms. The zero-order chi connectivity index (χ0) is 13.2. The highest BCUT2D eigenvalue weighted by molar-refractivity contribution is 5.76. The van der Waals surface area contributed by atoms with Gasteiger partial charge >= 0.3 is 5.97 Å². The summed E-state index contributed by atoms with van der Waals surface area (Å²) >= 11 is 0. The van der Waals surface area contributed by atoms with E-state index < -0.39 is 11.4 Å². The number of carbonyl (C=O) groups is 2. The van der Waals surface area contributed by atoms with Crippen LogP contribution in [-0.4, -0.2) is 47.6 Å². The van der Waals surface area contributed by atoms with Crippen molar-refractivity contribution >= 4 is 11.9 Å². The van der Waals surface area contributed by atoms with Crippen molar-refractivity contribution < 1.29 is 14.7 Å². The number of carboxylic acid groups (broad SMARTS) is 1. The maximum atomic E-state index is 11.5. The third-order valence-electron chi connectivity index (χ3n) is 4.07. The van der Waals surface area contributed by atoms with Crippen molar-refractivity contribution in [3.05, 3.63) is 0 Å². The van der Waals surface area contributed by atoms with Crippen molar-refractivity contribution in [3.63, 3.8) is 0 Å². The first kappa shape index (κ1) is 13.3. The number of aliphatic carboxylic acids is 1. The third kappa shape index (κ3) is 3.45. The molecule has 1 aliphatic heterocycles. The predicted octanol–water partition coefficient (Wildman–Crippen LogP) is 0.842. The minimum atomic E-state index is -0.700. The topological polar surface area (TPSA) is 69.6 Å². The maximum Gasteiger partial charge on any atom is 0.309 e. The Kier molecular flexibility index (Phi) is 3.90. The average Bonchev–Trinajstić information content (AvgIpc) is 3.12.